The van der Waals surface area contributed by atoms with E-state index in [-0.39, 0.29) is 17.6 Å². The zero-order chi connectivity index (χ0) is 18.1. The monoisotopic (exact) mass is 352 g/mol. The first-order valence-electron chi connectivity index (χ1n) is 8.41. The first-order chi connectivity index (χ1) is 12.6. The summed E-state index contributed by atoms with van der Waals surface area (Å²) in [5, 5.41) is 7.81. The molecule has 2 heterocycles. The van der Waals surface area contributed by atoms with Crippen molar-refractivity contribution < 1.29 is 14.0 Å². The van der Waals surface area contributed by atoms with Crippen molar-refractivity contribution in [2.24, 2.45) is 0 Å². The van der Waals surface area contributed by atoms with Crippen molar-refractivity contribution >= 4 is 22.7 Å². The van der Waals surface area contributed by atoms with Crippen LogP contribution in [0.2, 0.25) is 0 Å². The van der Waals surface area contributed by atoms with Gasteiger partial charge in [-0.05, 0) is 30.3 Å². The number of piperazine rings is 1. The van der Waals surface area contributed by atoms with Crippen molar-refractivity contribution in [2.45, 2.75) is 0 Å². The number of fused-ring (bicyclic) bond motifs is 1. The Hall–Kier alpha value is -3.22. The van der Waals surface area contributed by atoms with Crippen LogP contribution in [0, 0.1) is 5.82 Å². The fourth-order valence-electron chi connectivity index (χ4n) is 3.16. The average Bonchev–Trinajstić information content (AvgIpc) is 3.12. The van der Waals surface area contributed by atoms with Crippen molar-refractivity contribution in [1.82, 2.24) is 20.0 Å². The summed E-state index contributed by atoms with van der Waals surface area (Å²) in [4.78, 5) is 28.6. The molecule has 2 amide bonds. The Kier molecular flexibility index (Phi) is 4.12. The minimum absolute atomic E-state index is 0.142. The number of hydrogen-bond acceptors (Lipinski definition) is 3. The van der Waals surface area contributed by atoms with Gasteiger partial charge in [0.05, 0.1) is 5.52 Å². The standard InChI is InChI=1S/C19H17FN4O2/c20-14-7-5-13(6-8-14)18(25)23-9-11-24(12-10-23)19(26)17-15-3-1-2-4-16(15)21-22-17/h1-8H,9-12H2,(H,21,22). The van der Waals surface area contributed by atoms with Gasteiger partial charge in [-0.25, -0.2) is 4.39 Å². The third-order valence-electron chi connectivity index (χ3n) is 4.62. The van der Waals surface area contributed by atoms with E-state index < -0.39 is 0 Å². The van der Waals surface area contributed by atoms with Crippen molar-refractivity contribution in [2.75, 3.05) is 26.2 Å². The van der Waals surface area contributed by atoms with Gasteiger partial charge in [-0.2, -0.15) is 5.10 Å². The summed E-state index contributed by atoms with van der Waals surface area (Å²) in [6, 6.07) is 13.0. The van der Waals surface area contributed by atoms with E-state index in [9.17, 15) is 14.0 Å². The highest BCUT2D eigenvalue weighted by Crippen LogP contribution is 2.18. The van der Waals surface area contributed by atoms with Crippen molar-refractivity contribution in [1.29, 1.82) is 0 Å². The summed E-state index contributed by atoms with van der Waals surface area (Å²) in [7, 11) is 0. The highest BCUT2D eigenvalue weighted by atomic mass is 19.1. The van der Waals surface area contributed by atoms with Crippen LogP contribution < -0.4 is 0 Å². The number of aromatic nitrogens is 2. The number of aromatic amines is 1. The van der Waals surface area contributed by atoms with E-state index in [0.29, 0.717) is 37.4 Å². The Labute approximate surface area is 149 Å². The van der Waals surface area contributed by atoms with E-state index in [1.807, 2.05) is 24.3 Å². The molecule has 6 nitrogen and oxygen atoms in total. The van der Waals surface area contributed by atoms with Gasteiger partial charge in [0.2, 0.25) is 0 Å². The molecular formula is C19H17FN4O2. The number of H-pyrrole nitrogens is 1. The number of nitrogens with one attached hydrogen (secondary N) is 1. The lowest BCUT2D eigenvalue weighted by molar-refractivity contribution is 0.0533. The summed E-state index contributed by atoms with van der Waals surface area (Å²) >= 11 is 0. The van der Waals surface area contributed by atoms with E-state index in [1.165, 1.54) is 24.3 Å². The quantitative estimate of drug-likeness (QED) is 0.769. The van der Waals surface area contributed by atoms with Crippen LogP contribution in [0.4, 0.5) is 4.39 Å². The Morgan fingerprint density at radius 2 is 1.50 bits per heavy atom. The second-order valence-corrected chi connectivity index (χ2v) is 6.21. The van der Waals surface area contributed by atoms with Crippen molar-refractivity contribution in [3.05, 3.63) is 65.6 Å². The second kappa shape index (κ2) is 6.59. The molecule has 7 heteroatoms. The molecule has 0 unspecified atom stereocenters. The molecule has 26 heavy (non-hydrogen) atoms. The lowest BCUT2D eigenvalue weighted by Crippen LogP contribution is -2.50. The number of nitrogens with zero attached hydrogens (tertiary/aromatic N) is 3. The molecule has 2 aromatic carbocycles. The van der Waals surface area contributed by atoms with Gasteiger partial charge < -0.3 is 9.80 Å². The molecule has 1 aliphatic heterocycles. The maximum atomic E-state index is 13.0. The molecule has 1 saturated heterocycles. The van der Waals surface area contributed by atoms with Crippen LogP contribution in [0.1, 0.15) is 20.8 Å². The number of benzene rings is 2. The molecule has 132 valence electrons. The van der Waals surface area contributed by atoms with Gasteiger partial charge in [-0.15, -0.1) is 0 Å². The third kappa shape index (κ3) is 2.92. The number of carbonyl (C=O) groups is 2. The Morgan fingerprint density at radius 1 is 0.885 bits per heavy atom. The Morgan fingerprint density at radius 3 is 2.19 bits per heavy atom. The second-order valence-electron chi connectivity index (χ2n) is 6.21. The van der Waals surface area contributed by atoms with Gasteiger partial charge in [0, 0.05) is 37.1 Å². The first kappa shape index (κ1) is 16.3. The Bertz CT molecular complexity index is 959. The van der Waals surface area contributed by atoms with Gasteiger partial charge in [0.25, 0.3) is 11.8 Å². The molecule has 1 fully saturated rings. The molecule has 0 bridgehead atoms. The number of amides is 2. The molecule has 1 aliphatic rings. The number of halogens is 1. The SMILES string of the molecule is O=C(c1ccc(F)cc1)N1CCN(C(=O)c2n[nH]c3ccccc23)CC1. The molecule has 1 N–H and O–H groups in total. The molecule has 3 aromatic rings. The first-order valence-corrected chi connectivity index (χ1v) is 8.41. The molecule has 4 rings (SSSR count). The molecule has 0 aliphatic carbocycles. The number of rotatable bonds is 2. The lowest BCUT2D eigenvalue weighted by atomic mass is 10.1. The number of para-hydroxylation sites is 1. The average molecular weight is 352 g/mol. The highest BCUT2D eigenvalue weighted by molar-refractivity contribution is 6.04. The van der Waals surface area contributed by atoms with Crippen LogP contribution in [0.3, 0.4) is 0 Å². The summed E-state index contributed by atoms with van der Waals surface area (Å²) in [6.45, 7) is 1.74. The fourth-order valence-corrected chi connectivity index (χ4v) is 3.16. The van der Waals surface area contributed by atoms with Gasteiger partial charge in [-0.3, -0.25) is 14.7 Å². The fraction of sp³-hybridized carbons (Fsp3) is 0.211. The molecule has 0 saturated carbocycles. The van der Waals surface area contributed by atoms with Crippen LogP contribution in [-0.4, -0.2) is 58.0 Å². The van der Waals surface area contributed by atoms with Gasteiger partial charge in [0.15, 0.2) is 5.69 Å². The van der Waals surface area contributed by atoms with Crippen LogP contribution in [-0.2, 0) is 0 Å². The molecule has 1 aromatic heterocycles. The third-order valence-corrected chi connectivity index (χ3v) is 4.62. The lowest BCUT2D eigenvalue weighted by Gasteiger charge is -2.34. The molecule has 0 spiro atoms. The summed E-state index contributed by atoms with van der Waals surface area (Å²) in [6.07, 6.45) is 0. The smallest absolute Gasteiger partial charge is 0.275 e. The van der Waals surface area contributed by atoms with E-state index in [1.54, 1.807) is 9.80 Å². The maximum absolute atomic E-state index is 13.0. The van der Waals surface area contributed by atoms with Crippen molar-refractivity contribution in [3.8, 4) is 0 Å². The zero-order valence-corrected chi connectivity index (χ0v) is 14.0. The summed E-state index contributed by atoms with van der Waals surface area (Å²) in [5.74, 6) is -0.665. The molecule has 0 atom stereocenters. The highest BCUT2D eigenvalue weighted by Gasteiger charge is 2.27. The number of hydrogen-bond donors (Lipinski definition) is 1. The van der Waals surface area contributed by atoms with Crippen molar-refractivity contribution in [3.63, 3.8) is 0 Å². The van der Waals surface area contributed by atoms with E-state index in [0.717, 1.165) is 10.9 Å². The largest absolute Gasteiger partial charge is 0.335 e. The molecular weight excluding hydrogens is 335 g/mol. The van der Waals surface area contributed by atoms with Crippen LogP contribution in [0.5, 0.6) is 0 Å². The van der Waals surface area contributed by atoms with Gasteiger partial charge in [-0.1, -0.05) is 18.2 Å². The van der Waals surface area contributed by atoms with E-state index in [2.05, 4.69) is 10.2 Å². The van der Waals surface area contributed by atoms with E-state index in [4.69, 9.17) is 0 Å². The van der Waals surface area contributed by atoms with Crippen LogP contribution in [0.25, 0.3) is 10.9 Å². The zero-order valence-electron chi connectivity index (χ0n) is 14.0. The van der Waals surface area contributed by atoms with Gasteiger partial charge >= 0.3 is 0 Å². The van der Waals surface area contributed by atoms with Crippen LogP contribution in [0.15, 0.2) is 48.5 Å². The minimum atomic E-state index is -0.372. The summed E-state index contributed by atoms with van der Waals surface area (Å²) in [5.41, 5.74) is 1.67. The predicted octanol–water partition coefficient (Wildman–Crippen LogP) is 2.30. The van der Waals surface area contributed by atoms with Gasteiger partial charge in [0.1, 0.15) is 5.82 Å². The topological polar surface area (TPSA) is 69.3 Å². The Balaban J connectivity index is 1.44. The predicted molar refractivity (Wildman–Crippen MR) is 94.3 cm³/mol. The molecule has 0 radical (unpaired) electrons. The minimum Gasteiger partial charge on any atom is -0.335 e. The maximum Gasteiger partial charge on any atom is 0.275 e. The van der Waals surface area contributed by atoms with Crippen LogP contribution >= 0.6 is 0 Å². The van der Waals surface area contributed by atoms with E-state index >= 15 is 0 Å². The normalized spacial score (nSPS) is 14.7. The summed E-state index contributed by atoms with van der Waals surface area (Å²) < 4.78 is 13.0. The number of carbonyl (C=O) groups excluding carboxylic acids is 2.